The standard InChI is InChI=1S/C17H16N2O5/c1-11(15(20)19-17(18)22)23-16(21)13-9-5-6-10-14(13)24-12-7-3-2-4-8-12/h2-11H,1H3,(H3,18,19,20,22)/t11-/m0/s1. The highest BCUT2D eigenvalue weighted by molar-refractivity contribution is 5.98. The number of rotatable bonds is 5. The molecule has 0 bridgehead atoms. The van der Waals surface area contributed by atoms with Crippen LogP contribution in [-0.2, 0) is 9.53 Å². The van der Waals surface area contributed by atoms with E-state index in [4.69, 9.17) is 15.2 Å². The number of nitrogens with two attached hydrogens (primary N) is 1. The zero-order valence-electron chi connectivity index (χ0n) is 12.9. The van der Waals surface area contributed by atoms with E-state index >= 15 is 0 Å². The maximum absolute atomic E-state index is 12.3. The van der Waals surface area contributed by atoms with Gasteiger partial charge >= 0.3 is 12.0 Å². The predicted molar refractivity (Wildman–Crippen MR) is 85.6 cm³/mol. The molecule has 7 nitrogen and oxygen atoms in total. The highest BCUT2D eigenvalue weighted by Gasteiger charge is 2.22. The summed E-state index contributed by atoms with van der Waals surface area (Å²) in [5, 5.41) is 1.85. The van der Waals surface area contributed by atoms with Crippen LogP contribution in [0.25, 0.3) is 0 Å². The molecule has 0 spiro atoms. The van der Waals surface area contributed by atoms with Crippen LogP contribution in [0.3, 0.4) is 0 Å². The molecular formula is C17H16N2O5. The van der Waals surface area contributed by atoms with Crippen molar-refractivity contribution < 1.29 is 23.9 Å². The van der Waals surface area contributed by atoms with E-state index in [0.717, 1.165) is 0 Å². The molecule has 0 heterocycles. The molecule has 0 aromatic heterocycles. The van der Waals surface area contributed by atoms with Gasteiger partial charge in [-0.15, -0.1) is 0 Å². The third-order valence-corrected chi connectivity index (χ3v) is 2.98. The van der Waals surface area contributed by atoms with Gasteiger partial charge in [-0.05, 0) is 31.2 Å². The number of primary amides is 1. The van der Waals surface area contributed by atoms with Gasteiger partial charge in [0.15, 0.2) is 6.10 Å². The summed E-state index contributed by atoms with van der Waals surface area (Å²) in [5.74, 6) is -0.723. The molecule has 24 heavy (non-hydrogen) atoms. The lowest BCUT2D eigenvalue weighted by Crippen LogP contribution is -2.42. The average molecular weight is 328 g/mol. The van der Waals surface area contributed by atoms with E-state index in [-0.39, 0.29) is 11.3 Å². The van der Waals surface area contributed by atoms with Crippen LogP contribution < -0.4 is 15.8 Å². The Labute approximate surface area is 138 Å². The number of urea groups is 1. The number of benzene rings is 2. The topological polar surface area (TPSA) is 108 Å². The van der Waals surface area contributed by atoms with Gasteiger partial charge in [-0.25, -0.2) is 9.59 Å². The smallest absolute Gasteiger partial charge is 0.342 e. The number of carbonyl (C=O) groups is 3. The Morgan fingerprint density at radius 1 is 1.00 bits per heavy atom. The fourth-order valence-corrected chi connectivity index (χ4v) is 1.84. The van der Waals surface area contributed by atoms with E-state index in [1.807, 2.05) is 11.4 Å². The number of imide groups is 1. The van der Waals surface area contributed by atoms with Crippen molar-refractivity contribution in [1.29, 1.82) is 0 Å². The number of amides is 3. The number of hydrogen-bond acceptors (Lipinski definition) is 5. The van der Waals surface area contributed by atoms with Crippen molar-refractivity contribution in [3.63, 3.8) is 0 Å². The zero-order chi connectivity index (χ0) is 17.5. The van der Waals surface area contributed by atoms with Gasteiger partial charge < -0.3 is 15.2 Å². The van der Waals surface area contributed by atoms with Gasteiger partial charge in [-0.2, -0.15) is 0 Å². The number of hydrogen-bond donors (Lipinski definition) is 2. The Morgan fingerprint density at radius 2 is 1.62 bits per heavy atom. The van der Waals surface area contributed by atoms with Crippen LogP contribution >= 0.6 is 0 Å². The summed E-state index contributed by atoms with van der Waals surface area (Å²) in [6.07, 6.45) is -1.19. The van der Waals surface area contributed by atoms with E-state index < -0.39 is 24.0 Å². The van der Waals surface area contributed by atoms with Crippen molar-refractivity contribution in [2.45, 2.75) is 13.0 Å². The summed E-state index contributed by atoms with van der Waals surface area (Å²) < 4.78 is 10.7. The minimum absolute atomic E-state index is 0.153. The molecule has 0 fully saturated rings. The summed E-state index contributed by atoms with van der Waals surface area (Å²) in [6.45, 7) is 1.33. The number of nitrogens with one attached hydrogen (secondary N) is 1. The molecule has 0 unspecified atom stereocenters. The monoisotopic (exact) mass is 328 g/mol. The Hall–Kier alpha value is -3.35. The molecular weight excluding hydrogens is 312 g/mol. The molecule has 124 valence electrons. The molecule has 2 aromatic rings. The summed E-state index contributed by atoms with van der Waals surface area (Å²) >= 11 is 0. The molecule has 0 saturated carbocycles. The van der Waals surface area contributed by atoms with Gasteiger partial charge in [-0.3, -0.25) is 10.1 Å². The highest BCUT2D eigenvalue weighted by atomic mass is 16.5. The first-order valence-corrected chi connectivity index (χ1v) is 7.10. The van der Waals surface area contributed by atoms with E-state index in [1.54, 1.807) is 42.5 Å². The van der Waals surface area contributed by atoms with Crippen LogP contribution in [0.2, 0.25) is 0 Å². The van der Waals surface area contributed by atoms with Crippen molar-refractivity contribution in [3.8, 4) is 11.5 Å². The number of ether oxygens (including phenoxy) is 2. The van der Waals surface area contributed by atoms with Crippen molar-refractivity contribution >= 4 is 17.9 Å². The van der Waals surface area contributed by atoms with Crippen LogP contribution in [0, 0.1) is 0 Å². The van der Waals surface area contributed by atoms with Crippen LogP contribution in [0.15, 0.2) is 54.6 Å². The Morgan fingerprint density at radius 3 is 2.29 bits per heavy atom. The normalized spacial score (nSPS) is 11.2. The lowest BCUT2D eigenvalue weighted by molar-refractivity contribution is -0.127. The molecule has 2 rings (SSSR count). The predicted octanol–water partition coefficient (Wildman–Crippen LogP) is 2.22. The first-order chi connectivity index (χ1) is 11.5. The van der Waals surface area contributed by atoms with Crippen LogP contribution in [0.1, 0.15) is 17.3 Å². The first kappa shape index (κ1) is 17.0. The lowest BCUT2D eigenvalue weighted by atomic mass is 10.2. The SMILES string of the molecule is C[C@H](OC(=O)c1ccccc1Oc1ccccc1)C(=O)NC(N)=O. The number of para-hydroxylation sites is 2. The van der Waals surface area contributed by atoms with Gasteiger partial charge in [0.2, 0.25) is 0 Å². The van der Waals surface area contributed by atoms with E-state index in [0.29, 0.717) is 5.75 Å². The lowest BCUT2D eigenvalue weighted by Gasteiger charge is -2.14. The molecule has 0 aliphatic rings. The second-order valence-electron chi connectivity index (χ2n) is 4.81. The second-order valence-corrected chi connectivity index (χ2v) is 4.81. The molecule has 3 amide bonds. The summed E-state index contributed by atoms with van der Waals surface area (Å²) in [6, 6.07) is 14.4. The summed E-state index contributed by atoms with van der Waals surface area (Å²) in [5.41, 5.74) is 5.00. The molecule has 0 aliphatic carbocycles. The van der Waals surface area contributed by atoms with Crippen LogP contribution in [-0.4, -0.2) is 24.0 Å². The van der Waals surface area contributed by atoms with Gasteiger partial charge in [-0.1, -0.05) is 30.3 Å². The Kier molecular flexibility index (Phi) is 5.51. The summed E-state index contributed by atoms with van der Waals surface area (Å²) in [4.78, 5) is 34.5. The van der Waals surface area contributed by atoms with E-state index in [9.17, 15) is 14.4 Å². The van der Waals surface area contributed by atoms with Crippen molar-refractivity contribution in [3.05, 3.63) is 60.2 Å². The van der Waals surface area contributed by atoms with Gasteiger partial charge in [0.05, 0.1) is 0 Å². The van der Waals surface area contributed by atoms with E-state index in [1.165, 1.54) is 13.0 Å². The summed E-state index contributed by atoms with van der Waals surface area (Å²) in [7, 11) is 0. The van der Waals surface area contributed by atoms with Crippen molar-refractivity contribution in [2.24, 2.45) is 5.73 Å². The van der Waals surface area contributed by atoms with Gasteiger partial charge in [0.1, 0.15) is 17.1 Å². The average Bonchev–Trinajstić information content (AvgIpc) is 2.55. The maximum atomic E-state index is 12.3. The fourth-order valence-electron chi connectivity index (χ4n) is 1.84. The minimum atomic E-state index is -1.19. The zero-order valence-corrected chi connectivity index (χ0v) is 12.9. The molecule has 2 aromatic carbocycles. The van der Waals surface area contributed by atoms with Crippen molar-refractivity contribution in [1.82, 2.24) is 5.32 Å². The number of carbonyl (C=O) groups excluding carboxylic acids is 3. The molecule has 7 heteroatoms. The highest BCUT2D eigenvalue weighted by Crippen LogP contribution is 2.25. The fraction of sp³-hybridized carbons (Fsp3) is 0.118. The Balaban J connectivity index is 2.12. The Bertz CT molecular complexity index is 746. The van der Waals surface area contributed by atoms with Gasteiger partial charge in [0.25, 0.3) is 5.91 Å². The van der Waals surface area contributed by atoms with E-state index in [2.05, 4.69) is 0 Å². The first-order valence-electron chi connectivity index (χ1n) is 7.10. The molecule has 0 aliphatic heterocycles. The second kappa shape index (κ2) is 7.77. The molecule has 0 radical (unpaired) electrons. The third kappa shape index (κ3) is 4.57. The van der Waals surface area contributed by atoms with Crippen LogP contribution in [0.5, 0.6) is 11.5 Å². The van der Waals surface area contributed by atoms with Gasteiger partial charge in [0, 0.05) is 0 Å². The largest absolute Gasteiger partial charge is 0.456 e. The van der Waals surface area contributed by atoms with Crippen molar-refractivity contribution in [2.75, 3.05) is 0 Å². The molecule has 3 N–H and O–H groups in total. The molecule has 0 saturated heterocycles. The van der Waals surface area contributed by atoms with Crippen LogP contribution in [0.4, 0.5) is 4.79 Å². The number of esters is 1. The quantitative estimate of drug-likeness (QED) is 0.818. The molecule has 1 atom stereocenters. The third-order valence-electron chi connectivity index (χ3n) is 2.98. The maximum Gasteiger partial charge on any atom is 0.342 e. The minimum Gasteiger partial charge on any atom is -0.456 e.